The summed E-state index contributed by atoms with van der Waals surface area (Å²) in [7, 11) is 0. The Balaban J connectivity index is 0.00000261. The van der Waals surface area contributed by atoms with Gasteiger partial charge in [-0.25, -0.2) is 0 Å². The largest absolute Gasteiger partial charge is 0.341 e. The van der Waals surface area contributed by atoms with E-state index in [-0.39, 0.29) is 30.1 Å². The van der Waals surface area contributed by atoms with Gasteiger partial charge < -0.3 is 15.5 Å². The van der Waals surface area contributed by atoms with E-state index in [4.69, 9.17) is 0 Å². The number of nitrogens with zero attached hydrogens (tertiary/aromatic N) is 1. The van der Waals surface area contributed by atoms with Gasteiger partial charge in [0.1, 0.15) is 6.04 Å². The molecule has 2 amide bonds. The summed E-state index contributed by atoms with van der Waals surface area (Å²) in [5.41, 5.74) is 0.862. The molecule has 2 saturated heterocycles. The van der Waals surface area contributed by atoms with Crippen LogP contribution in [0.3, 0.4) is 0 Å². The number of halogens is 1. The maximum Gasteiger partial charge on any atom is 0.249 e. The van der Waals surface area contributed by atoms with Gasteiger partial charge in [0.05, 0.1) is 0 Å². The zero-order valence-corrected chi connectivity index (χ0v) is 17.1. The molecule has 0 spiro atoms. The molecular weight excluding hydrogens is 362 g/mol. The van der Waals surface area contributed by atoms with E-state index in [1.807, 2.05) is 49.1 Å². The maximum atomic E-state index is 13.3. The van der Waals surface area contributed by atoms with Crippen molar-refractivity contribution in [1.82, 2.24) is 15.5 Å². The lowest BCUT2D eigenvalue weighted by atomic mass is 9.92. The summed E-state index contributed by atoms with van der Waals surface area (Å²) in [5.74, 6) is 1.60. The molecule has 2 fully saturated rings. The lowest BCUT2D eigenvalue weighted by Gasteiger charge is -2.27. The van der Waals surface area contributed by atoms with Gasteiger partial charge in [-0.3, -0.25) is 9.59 Å². The zero-order chi connectivity index (χ0) is 18.5. The third-order valence-corrected chi connectivity index (χ3v) is 5.61. The number of carbonyl (C=O) groups is 2. The molecule has 3 atom stereocenters. The van der Waals surface area contributed by atoms with Gasteiger partial charge in [0, 0.05) is 19.5 Å². The average molecular weight is 394 g/mol. The number of fused-ring (bicyclic) bond motifs is 1. The van der Waals surface area contributed by atoms with Crippen molar-refractivity contribution in [3.8, 4) is 0 Å². The average Bonchev–Trinajstić information content (AvgIpc) is 2.98. The van der Waals surface area contributed by atoms with E-state index in [1.165, 1.54) is 0 Å². The van der Waals surface area contributed by atoms with Gasteiger partial charge in [-0.2, -0.15) is 0 Å². The van der Waals surface area contributed by atoms with Crippen molar-refractivity contribution >= 4 is 24.2 Å². The molecule has 2 N–H and O–H groups in total. The number of carbonyl (C=O) groups excluding carboxylic acids is 2. The number of rotatable bonds is 5. The molecule has 2 heterocycles. The fourth-order valence-electron chi connectivity index (χ4n) is 4.14. The quantitative estimate of drug-likeness (QED) is 0.808. The van der Waals surface area contributed by atoms with Crippen molar-refractivity contribution in [3.63, 3.8) is 0 Å². The highest BCUT2D eigenvalue weighted by Crippen LogP contribution is 2.28. The van der Waals surface area contributed by atoms with Crippen LogP contribution in [0.4, 0.5) is 0 Å². The number of nitrogens with one attached hydrogen (secondary N) is 2. The molecule has 3 rings (SSSR count). The van der Waals surface area contributed by atoms with Gasteiger partial charge in [-0.05, 0) is 49.2 Å². The van der Waals surface area contributed by atoms with E-state index in [9.17, 15) is 9.59 Å². The topological polar surface area (TPSA) is 61.4 Å². The Kier molecular flexibility index (Phi) is 8.11. The molecule has 27 heavy (non-hydrogen) atoms. The van der Waals surface area contributed by atoms with E-state index >= 15 is 0 Å². The zero-order valence-electron chi connectivity index (χ0n) is 16.3. The highest BCUT2D eigenvalue weighted by Gasteiger charge is 2.34. The second-order valence-electron chi connectivity index (χ2n) is 8.09. The smallest absolute Gasteiger partial charge is 0.249 e. The minimum Gasteiger partial charge on any atom is -0.341 e. The van der Waals surface area contributed by atoms with E-state index < -0.39 is 6.04 Å². The van der Waals surface area contributed by atoms with E-state index in [2.05, 4.69) is 10.6 Å². The van der Waals surface area contributed by atoms with Crippen LogP contribution in [0.2, 0.25) is 0 Å². The standard InChI is InChI=1S/C21H31N3O2.ClH/c1-15(2)12-19(25)23-20(16-6-4-3-5-7-16)21(26)24-10-8-17-13-22-14-18(17)9-11-24;/h3-7,15,17-18,20,22H,8-14H2,1-2H3,(H,23,25);1H/t17-,18+,20?;. The van der Waals surface area contributed by atoms with Crippen molar-refractivity contribution < 1.29 is 9.59 Å². The van der Waals surface area contributed by atoms with Crippen LogP contribution in [0.1, 0.15) is 44.7 Å². The van der Waals surface area contributed by atoms with Crippen LogP contribution in [-0.4, -0.2) is 42.9 Å². The Morgan fingerprint density at radius 2 is 1.70 bits per heavy atom. The van der Waals surface area contributed by atoms with Gasteiger partial charge in [-0.1, -0.05) is 44.2 Å². The van der Waals surface area contributed by atoms with Crippen LogP contribution in [0.5, 0.6) is 0 Å². The van der Waals surface area contributed by atoms with Crippen molar-refractivity contribution in [2.75, 3.05) is 26.2 Å². The molecule has 2 aliphatic heterocycles. The first-order valence-corrected chi connectivity index (χ1v) is 9.88. The fourth-order valence-corrected chi connectivity index (χ4v) is 4.14. The van der Waals surface area contributed by atoms with Gasteiger partial charge in [0.15, 0.2) is 0 Å². The van der Waals surface area contributed by atoms with E-state index in [1.54, 1.807) is 0 Å². The summed E-state index contributed by atoms with van der Waals surface area (Å²) >= 11 is 0. The molecule has 1 unspecified atom stereocenters. The Labute approximate surface area is 168 Å². The lowest BCUT2D eigenvalue weighted by Crippen LogP contribution is -2.43. The highest BCUT2D eigenvalue weighted by atomic mass is 35.5. The summed E-state index contributed by atoms with van der Waals surface area (Å²) in [5, 5.41) is 6.46. The fraction of sp³-hybridized carbons (Fsp3) is 0.619. The number of hydrogen-bond donors (Lipinski definition) is 2. The minimum absolute atomic E-state index is 0. The molecule has 150 valence electrons. The Bertz CT molecular complexity index is 609. The third-order valence-electron chi connectivity index (χ3n) is 5.61. The predicted octanol–water partition coefficient (Wildman–Crippen LogP) is 2.77. The molecule has 0 radical (unpaired) electrons. The molecule has 0 aromatic heterocycles. The minimum atomic E-state index is -0.585. The van der Waals surface area contributed by atoms with Crippen molar-refractivity contribution in [2.45, 2.75) is 39.2 Å². The highest BCUT2D eigenvalue weighted by molar-refractivity contribution is 5.88. The van der Waals surface area contributed by atoms with Gasteiger partial charge in [0.2, 0.25) is 11.8 Å². The summed E-state index contributed by atoms with van der Waals surface area (Å²) in [4.78, 5) is 27.6. The Morgan fingerprint density at radius 3 is 2.26 bits per heavy atom. The summed E-state index contributed by atoms with van der Waals surface area (Å²) in [6, 6.07) is 9.04. The second kappa shape index (κ2) is 10.1. The first-order chi connectivity index (χ1) is 12.5. The molecule has 1 aromatic rings. The molecule has 0 saturated carbocycles. The molecule has 0 bridgehead atoms. The SMILES string of the molecule is CC(C)CC(=O)NC(C(=O)N1CC[C@@H]2CNC[C@@H]2CC1)c1ccccc1.Cl. The number of amides is 2. The molecule has 5 nitrogen and oxygen atoms in total. The second-order valence-corrected chi connectivity index (χ2v) is 8.09. The summed E-state index contributed by atoms with van der Waals surface area (Å²) in [6.45, 7) is 7.73. The van der Waals surface area contributed by atoms with Crippen molar-refractivity contribution in [2.24, 2.45) is 17.8 Å². The number of benzene rings is 1. The summed E-state index contributed by atoms with van der Waals surface area (Å²) in [6.07, 6.45) is 2.53. The van der Waals surface area contributed by atoms with Crippen molar-refractivity contribution in [3.05, 3.63) is 35.9 Å². The summed E-state index contributed by atoms with van der Waals surface area (Å²) < 4.78 is 0. The van der Waals surface area contributed by atoms with Crippen LogP contribution in [0.15, 0.2) is 30.3 Å². The normalized spacial score (nSPS) is 23.1. The lowest BCUT2D eigenvalue weighted by molar-refractivity contribution is -0.136. The first-order valence-electron chi connectivity index (χ1n) is 9.88. The van der Waals surface area contributed by atoms with Gasteiger partial charge >= 0.3 is 0 Å². The monoisotopic (exact) mass is 393 g/mol. The van der Waals surface area contributed by atoms with Crippen LogP contribution >= 0.6 is 12.4 Å². The van der Waals surface area contributed by atoms with E-state index in [0.29, 0.717) is 18.3 Å². The van der Waals surface area contributed by atoms with Gasteiger partial charge in [0.25, 0.3) is 0 Å². The van der Waals surface area contributed by atoms with Gasteiger partial charge in [-0.15, -0.1) is 12.4 Å². The Morgan fingerprint density at radius 1 is 1.11 bits per heavy atom. The molecule has 6 heteroatoms. The van der Waals surface area contributed by atoms with Crippen LogP contribution < -0.4 is 10.6 Å². The number of likely N-dealkylation sites (tertiary alicyclic amines) is 1. The Hall–Kier alpha value is -1.59. The maximum absolute atomic E-state index is 13.3. The molecule has 2 aliphatic rings. The van der Waals surface area contributed by atoms with E-state index in [0.717, 1.165) is 44.6 Å². The molecular formula is C21H32ClN3O2. The van der Waals surface area contributed by atoms with Crippen molar-refractivity contribution in [1.29, 1.82) is 0 Å². The predicted molar refractivity (Wildman–Crippen MR) is 110 cm³/mol. The first kappa shape index (κ1) is 21.7. The van der Waals surface area contributed by atoms with Crippen LogP contribution in [0, 0.1) is 17.8 Å². The third kappa shape index (κ3) is 5.69. The molecule has 0 aliphatic carbocycles. The van der Waals surface area contributed by atoms with Crippen LogP contribution in [-0.2, 0) is 9.59 Å². The number of hydrogen-bond acceptors (Lipinski definition) is 3. The van der Waals surface area contributed by atoms with Crippen LogP contribution in [0.25, 0.3) is 0 Å². The molecule has 1 aromatic carbocycles.